The van der Waals surface area contributed by atoms with Gasteiger partial charge in [0.2, 0.25) is 0 Å². The van der Waals surface area contributed by atoms with Crippen LogP contribution in [0.2, 0.25) is 0 Å². The van der Waals surface area contributed by atoms with Gasteiger partial charge in [-0.15, -0.1) is 0 Å². The molecule has 0 fully saturated rings. The van der Waals surface area contributed by atoms with Gasteiger partial charge in [-0.05, 0) is 24.3 Å². The standard InChI is InChI=1S/C12H12N2O/c1-2-8-15-11-6-5-10(13)12-9(11)4-3-7-14-12/h2-7H,1,8,13H2. The Kier molecular flexibility index (Phi) is 2.54. The van der Waals surface area contributed by atoms with Crippen molar-refractivity contribution in [3.8, 4) is 5.75 Å². The number of nitrogens with zero attached hydrogens (tertiary/aromatic N) is 1. The fourth-order valence-electron chi connectivity index (χ4n) is 1.44. The zero-order valence-electron chi connectivity index (χ0n) is 8.31. The second kappa shape index (κ2) is 4.00. The van der Waals surface area contributed by atoms with Crippen LogP contribution in [0, 0.1) is 0 Å². The van der Waals surface area contributed by atoms with E-state index in [0.29, 0.717) is 12.3 Å². The highest BCUT2D eigenvalue weighted by Crippen LogP contribution is 2.28. The molecule has 1 aromatic carbocycles. The van der Waals surface area contributed by atoms with Gasteiger partial charge in [0.25, 0.3) is 0 Å². The van der Waals surface area contributed by atoms with Crippen molar-refractivity contribution in [1.29, 1.82) is 0 Å². The fourth-order valence-corrected chi connectivity index (χ4v) is 1.44. The zero-order chi connectivity index (χ0) is 10.7. The van der Waals surface area contributed by atoms with E-state index in [-0.39, 0.29) is 0 Å². The lowest BCUT2D eigenvalue weighted by molar-refractivity contribution is 0.367. The van der Waals surface area contributed by atoms with Gasteiger partial charge in [0, 0.05) is 11.6 Å². The highest BCUT2D eigenvalue weighted by molar-refractivity contribution is 5.93. The Morgan fingerprint density at radius 1 is 1.40 bits per heavy atom. The summed E-state index contributed by atoms with van der Waals surface area (Å²) in [5.41, 5.74) is 7.26. The molecule has 76 valence electrons. The second-order valence-electron chi connectivity index (χ2n) is 3.15. The summed E-state index contributed by atoms with van der Waals surface area (Å²) in [5, 5.41) is 0.930. The Morgan fingerprint density at radius 3 is 3.07 bits per heavy atom. The van der Waals surface area contributed by atoms with Crippen molar-refractivity contribution < 1.29 is 4.74 Å². The average molecular weight is 200 g/mol. The lowest BCUT2D eigenvalue weighted by Gasteiger charge is -2.08. The largest absolute Gasteiger partial charge is 0.489 e. The van der Waals surface area contributed by atoms with Gasteiger partial charge in [0.05, 0.1) is 11.2 Å². The number of hydrogen-bond acceptors (Lipinski definition) is 3. The van der Waals surface area contributed by atoms with Crippen LogP contribution in [0.1, 0.15) is 0 Å². The molecule has 1 aromatic heterocycles. The molecule has 3 heteroatoms. The Hall–Kier alpha value is -2.03. The maximum Gasteiger partial charge on any atom is 0.129 e. The van der Waals surface area contributed by atoms with Crippen LogP contribution in [-0.4, -0.2) is 11.6 Å². The van der Waals surface area contributed by atoms with Crippen LogP contribution in [0.15, 0.2) is 43.1 Å². The summed E-state index contributed by atoms with van der Waals surface area (Å²) in [7, 11) is 0. The van der Waals surface area contributed by atoms with Crippen LogP contribution < -0.4 is 10.5 Å². The van der Waals surface area contributed by atoms with Crippen molar-refractivity contribution >= 4 is 16.6 Å². The number of hydrogen-bond donors (Lipinski definition) is 1. The first-order chi connectivity index (χ1) is 7.33. The third-order valence-corrected chi connectivity index (χ3v) is 2.12. The Labute approximate surface area is 88.2 Å². The molecule has 0 saturated carbocycles. The van der Waals surface area contributed by atoms with Crippen molar-refractivity contribution in [2.75, 3.05) is 12.3 Å². The normalized spacial score (nSPS) is 10.1. The average Bonchev–Trinajstić information content (AvgIpc) is 2.29. The minimum atomic E-state index is 0.480. The monoisotopic (exact) mass is 200 g/mol. The first kappa shape index (κ1) is 9.52. The number of benzene rings is 1. The molecule has 0 radical (unpaired) electrons. The molecule has 1 heterocycles. The van der Waals surface area contributed by atoms with E-state index in [0.717, 1.165) is 16.7 Å². The molecule has 3 nitrogen and oxygen atoms in total. The molecule has 0 aliphatic rings. The molecule has 0 aliphatic carbocycles. The van der Waals surface area contributed by atoms with Crippen LogP contribution >= 0.6 is 0 Å². The number of aromatic nitrogens is 1. The molecule has 2 N–H and O–H groups in total. The maximum atomic E-state index is 5.82. The number of rotatable bonds is 3. The summed E-state index contributed by atoms with van der Waals surface area (Å²) in [6.07, 6.45) is 3.43. The lowest BCUT2D eigenvalue weighted by Crippen LogP contribution is -1.96. The summed E-state index contributed by atoms with van der Waals surface area (Å²) in [5.74, 6) is 0.784. The Morgan fingerprint density at radius 2 is 2.27 bits per heavy atom. The van der Waals surface area contributed by atoms with E-state index in [1.165, 1.54) is 0 Å². The highest BCUT2D eigenvalue weighted by Gasteiger charge is 2.04. The van der Waals surface area contributed by atoms with Gasteiger partial charge in [-0.2, -0.15) is 0 Å². The quantitative estimate of drug-likeness (QED) is 0.611. The number of nitrogens with two attached hydrogens (primary N) is 1. The first-order valence-corrected chi connectivity index (χ1v) is 4.70. The molecular weight excluding hydrogens is 188 g/mol. The van der Waals surface area contributed by atoms with Crippen LogP contribution in [0.3, 0.4) is 0 Å². The van der Waals surface area contributed by atoms with E-state index in [1.54, 1.807) is 18.3 Å². The molecule has 2 rings (SSSR count). The SMILES string of the molecule is C=CCOc1ccc(N)c2ncccc12. The van der Waals surface area contributed by atoms with E-state index < -0.39 is 0 Å². The Bertz CT molecular complexity index is 494. The van der Waals surface area contributed by atoms with Crippen molar-refractivity contribution in [3.63, 3.8) is 0 Å². The third-order valence-electron chi connectivity index (χ3n) is 2.12. The van der Waals surface area contributed by atoms with Crippen molar-refractivity contribution in [2.45, 2.75) is 0 Å². The summed E-state index contributed by atoms with van der Waals surface area (Å²) in [6, 6.07) is 7.45. The number of ether oxygens (including phenoxy) is 1. The van der Waals surface area contributed by atoms with Gasteiger partial charge < -0.3 is 10.5 Å². The van der Waals surface area contributed by atoms with Gasteiger partial charge in [0.1, 0.15) is 12.4 Å². The van der Waals surface area contributed by atoms with Crippen LogP contribution in [0.25, 0.3) is 10.9 Å². The highest BCUT2D eigenvalue weighted by atomic mass is 16.5. The van der Waals surface area contributed by atoms with Gasteiger partial charge in [-0.3, -0.25) is 4.98 Å². The molecule has 0 amide bonds. The number of pyridine rings is 1. The predicted molar refractivity (Wildman–Crippen MR) is 61.8 cm³/mol. The maximum absolute atomic E-state index is 5.82. The summed E-state index contributed by atoms with van der Waals surface area (Å²) < 4.78 is 5.51. The van der Waals surface area contributed by atoms with Crippen molar-refractivity contribution in [2.24, 2.45) is 0 Å². The summed E-state index contributed by atoms with van der Waals surface area (Å²) in [6.45, 7) is 4.09. The van der Waals surface area contributed by atoms with Gasteiger partial charge in [0.15, 0.2) is 0 Å². The van der Waals surface area contributed by atoms with Gasteiger partial charge >= 0.3 is 0 Å². The molecular formula is C12H12N2O. The van der Waals surface area contributed by atoms with E-state index in [9.17, 15) is 0 Å². The van der Waals surface area contributed by atoms with E-state index in [2.05, 4.69) is 11.6 Å². The lowest BCUT2D eigenvalue weighted by atomic mass is 10.2. The molecule has 0 unspecified atom stereocenters. The van der Waals surface area contributed by atoms with Crippen LogP contribution in [0.5, 0.6) is 5.75 Å². The third kappa shape index (κ3) is 1.76. The smallest absolute Gasteiger partial charge is 0.129 e. The molecule has 2 aromatic rings. The topological polar surface area (TPSA) is 48.1 Å². The number of anilines is 1. The van der Waals surface area contributed by atoms with Crippen LogP contribution in [0.4, 0.5) is 5.69 Å². The second-order valence-corrected chi connectivity index (χ2v) is 3.15. The summed E-state index contributed by atoms with van der Waals surface area (Å²) in [4.78, 5) is 4.22. The van der Waals surface area contributed by atoms with Crippen molar-refractivity contribution in [1.82, 2.24) is 4.98 Å². The molecule has 15 heavy (non-hydrogen) atoms. The van der Waals surface area contributed by atoms with Crippen LogP contribution in [-0.2, 0) is 0 Å². The molecule has 0 saturated heterocycles. The minimum Gasteiger partial charge on any atom is -0.489 e. The van der Waals surface area contributed by atoms with E-state index in [4.69, 9.17) is 10.5 Å². The van der Waals surface area contributed by atoms with E-state index >= 15 is 0 Å². The number of nitrogen functional groups attached to an aromatic ring is 1. The molecule has 0 aliphatic heterocycles. The van der Waals surface area contributed by atoms with E-state index in [1.807, 2.05) is 18.2 Å². The van der Waals surface area contributed by atoms with Crippen molar-refractivity contribution in [3.05, 3.63) is 43.1 Å². The Balaban J connectivity index is 2.56. The molecule has 0 atom stereocenters. The minimum absolute atomic E-state index is 0.480. The first-order valence-electron chi connectivity index (χ1n) is 4.70. The molecule has 0 spiro atoms. The zero-order valence-corrected chi connectivity index (χ0v) is 8.31. The summed E-state index contributed by atoms with van der Waals surface area (Å²) >= 11 is 0. The number of fused-ring (bicyclic) bond motifs is 1. The fraction of sp³-hybridized carbons (Fsp3) is 0.0833. The molecule has 0 bridgehead atoms. The van der Waals surface area contributed by atoms with Gasteiger partial charge in [-0.25, -0.2) is 0 Å². The van der Waals surface area contributed by atoms with Gasteiger partial charge in [-0.1, -0.05) is 12.7 Å². The predicted octanol–water partition coefficient (Wildman–Crippen LogP) is 2.38.